The van der Waals surface area contributed by atoms with Gasteiger partial charge in [0.05, 0.1) is 26.4 Å². The number of nitriles is 10. The average Bonchev–Trinajstić information content (AvgIpc) is 0.899. The number of esters is 6. The van der Waals surface area contributed by atoms with Gasteiger partial charge in [0.2, 0.25) is 23.1 Å². The number of carbonyl (C=O) groups is 10. The molecule has 0 unspecified atom stereocenters. The number of aliphatic hydroxyl groups excluding tert-OH is 4. The van der Waals surface area contributed by atoms with E-state index in [1.807, 2.05) is 29.9 Å². The van der Waals surface area contributed by atoms with Crippen molar-refractivity contribution >= 4 is 71.1 Å². The van der Waals surface area contributed by atoms with Gasteiger partial charge in [0.15, 0.2) is 0 Å². The zero-order chi connectivity index (χ0) is 84.2. The topological polar surface area (TPSA) is 545 Å². The number of allylic oxidation sites excluding steroid dienone is 14. The quantitative estimate of drug-likeness (QED) is 0.0135. The van der Waals surface area contributed by atoms with Crippen LogP contribution in [0.3, 0.4) is 0 Å². The molecule has 0 bridgehead atoms. The molecule has 0 heterocycles. The van der Waals surface area contributed by atoms with Crippen molar-refractivity contribution in [3.8, 4) is 109 Å². The van der Waals surface area contributed by atoms with Gasteiger partial charge in [-0.3, -0.25) is 19.2 Å². The standard InChI is InChI=1S/C18H18N2O4.C18H12N2O4.C16H14N2O4.C16H16N2O4.C13H10N2O4/c2*1-2-24-18(23)16(12-20)10-14-5-3-13(4-6-14)9-15(11-19)17(22)7-8-21;1-2-22-16(21)14(10-18)12-5-3-11(4-6-12)13(9-17)15(20)7-8-19;1-5-11(3)13(9-17)15(19)21-7-8-22-16(20)14(10-18)12(4)6-2;1-2-19-13(18)11(9-15)5-3-4-10(8-14)12(17)6-7-16/h9-10,13-14,21H,2-6H2,1H3;3-6,9-10,21H,2H2,1H3;19H,2-6H2,1H3;5-6H,1-2,7-8H2,3-4H3;4-5,16H,2-3H2,1H3/b2*15-9+,16-10+;;13-11+,14-12+;10-4+,11-5+. The van der Waals surface area contributed by atoms with Crippen LogP contribution in [-0.4, -0.2) is 119 Å². The molecule has 0 radical (unpaired) electrons. The summed E-state index contributed by atoms with van der Waals surface area (Å²) in [5.74, 6) is 0.229. The Morgan fingerprint density at radius 2 is 0.703 bits per heavy atom. The highest BCUT2D eigenvalue weighted by Gasteiger charge is 2.26. The Morgan fingerprint density at radius 1 is 0.387 bits per heavy atom. The van der Waals surface area contributed by atoms with Gasteiger partial charge in [0, 0.05) is 23.7 Å². The molecule has 3 rings (SSSR count). The Kier molecular flexibility index (Phi) is 50.1. The molecule has 564 valence electrons. The lowest BCUT2D eigenvalue weighted by molar-refractivity contribution is -0.146. The Morgan fingerprint density at radius 3 is 1.05 bits per heavy atom. The molecule has 0 saturated heterocycles. The van der Waals surface area contributed by atoms with Crippen molar-refractivity contribution in [2.24, 2.45) is 11.8 Å². The van der Waals surface area contributed by atoms with Gasteiger partial charge in [-0.2, -0.15) is 52.6 Å². The van der Waals surface area contributed by atoms with Gasteiger partial charge in [-0.05, 0) is 157 Å². The van der Waals surface area contributed by atoms with E-state index in [-0.39, 0.29) is 114 Å². The molecule has 30 heteroatoms. The number of ether oxygens (including phenoxy) is 6. The van der Waals surface area contributed by atoms with Crippen LogP contribution in [0.2, 0.25) is 0 Å². The molecule has 0 atom stereocenters. The Hall–Kier alpha value is -16.1. The average molecular weight is 1500 g/mol. The van der Waals surface area contributed by atoms with E-state index >= 15 is 0 Å². The fourth-order valence-corrected chi connectivity index (χ4v) is 8.65. The molecule has 0 aliphatic heterocycles. The number of hydrogen-bond donors (Lipinski definition) is 4. The van der Waals surface area contributed by atoms with Gasteiger partial charge in [-0.25, -0.2) is 28.8 Å². The van der Waals surface area contributed by atoms with Crippen molar-refractivity contribution in [2.45, 2.75) is 99.3 Å². The summed E-state index contributed by atoms with van der Waals surface area (Å²) >= 11 is 0. The second-order valence-corrected chi connectivity index (χ2v) is 21.1. The first-order chi connectivity index (χ1) is 53.2. The minimum absolute atomic E-state index is 0.000819. The smallest absolute Gasteiger partial charge is 0.349 e. The zero-order valence-corrected chi connectivity index (χ0v) is 60.9. The maximum atomic E-state index is 11.7. The maximum absolute atomic E-state index is 11.7. The van der Waals surface area contributed by atoms with Crippen LogP contribution in [-0.2, 0) is 76.4 Å². The van der Waals surface area contributed by atoms with Gasteiger partial charge >= 0.3 is 35.8 Å². The predicted octanol–water partition coefficient (Wildman–Crippen LogP) is 8.66. The number of nitrogens with zero attached hydrogens (tertiary/aromatic N) is 10. The number of benzene rings is 1. The summed E-state index contributed by atoms with van der Waals surface area (Å²) in [4.78, 5) is 115. The van der Waals surface area contributed by atoms with E-state index in [0.717, 1.165) is 25.7 Å². The van der Waals surface area contributed by atoms with Crippen molar-refractivity contribution < 1.29 is 96.8 Å². The predicted molar refractivity (Wildman–Crippen MR) is 387 cm³/mol. The number of carbonyl (C=O) groups excluding carboxylic acids is 10. The molecule has 2 fully saturated rings. The molecule has 111 heavy (non-hydrogen) atoms. The number of hydrogen-bond acceptors (Lipinski definition) is 30. The van der Waals surface area contributed by atoms with Crippen LogP contribution in [0.5, 0.6) is 0 Å². The first-order valence-corrected chi connectivity index (χ1v) is 32.5. The van der Waals surface area contributed by atoms with Gasteiger partial charge in [0.25, 0.3) is 0 Å². The van der Waals surface area contributed by atoms with Crippen LogP contribution in [0.4, 0.5) is 0 Å². The van der Waals surface area contributed by atoms with Crippen LogP contribution in [0, 0.1) is 173 Å². The van der Waals surface area contributed by atoms with E-state index in [0.29, 0.717) is 59.1 Å². The largest absolute Gasteiger partial charge is 0.462 e. The van der Waals surface area contributed by atoms with Crippen LogP contribution in [0.1, 0.15) is 110 Å². The van der Waals surface area contributed by atoms with Crippen LogP contribution in [0.25, 0.3) is 12.2 Å². The van der Waals surface area contributed by atoms with Crippen molar-refractivity contribution in [3.63, 3.8) is 0 Å². The number of ketones is 4. The van der Waals surface area contributed by atoms with Gasteiger partial charge in [0.1, 0.15) is 154 Å². The Labute approximate surface area is 640 Å². The molecule has 1 aromatic rings. The van der Waals surface area contributed by atoms with E-state index in [9.17, 15) is 47.9 Å². The van der Waals surface area contributed by atoms with E-state index in [1.54, 1.807) is 132 Å². The van der Waals surface area contributed by atoms with E-state index in [2.05, 4.69) is 17.9 Å². The summed E-state index contributed by atoms with van der Waals surface area (Å²) in [5.41, 5.74) is 1.90. The minimum atomic E-state index is -0.840. The minimum Gasteiger partial charge on any atom is -0.462 e. The van der Waals surface area contributed by atoms with Crippen LogP contribution < -0.4 is 0 Å². The number of aliphatic hydroxyl groups is 4. The molecule has 2 aliphatic carbocycles. The molecule has 0 aromatic heterocycles. The Balaban J connectivity index is 0. The highest BCUT2D eigenvalue weighted by molar-refractivity contribution is 6.14. The van der Waals surface area contributed by atoms with Gasteiger partial charge in [-0.15, -0.1) is 0 Å². The molecular formula is C81H70N10O20. The molecule has 2 aliphatic rings. The number of rotatable bonds is 25. The SMILES string of the molecule is C=C/C(C)=C(\C#N)C(=O)OCCOC(=O)/C(C#N)=C(\C)C=C.CCOC(=O)/C(C#N)=C/C/C=C(\C#N)C(=O)C#CO.CCOC(=O)/C(C#N)=C/C1CCC(/C=C(\C#N)C(=O)C#CO)CC1.CCOC(=O)/C(C#N)=C/c1ccc(/C=C(\C#N)C(=O)C#CO)cc1.CCOC(=O)C(C#N)=C1CCC(=C(C#N)C(=O)C#CO)CC1. The van der Waals surface area contributed by atoms with E-state index in [1.165, 1.54) is 60.9 Å². The first-order valence-electron chi connectivity index (χ1n) is 32.5. The third kappa shape index (κ3) is 36.8. The van der Waals surface area contributed by atoms with Crippen molar-refractivity contribution in [1.29, 1.82) is 52.6 Å². The normalized spacial score (nSPS) is 13.5. The zero-order valence-electron chi connectivity index (χ0n) is 60.9. The second kappa shape index (κ2) is 57.4. The number of Topliss-reactive ketones (excluding diaryl/α,β-unsaturated/α-hetero) is 4. The van der Waals surface area contributed by atoms with E-state index in [4.69, 9.17) is 96.7 Å². The third-order valence-electron chi connectivity index (χ3n) is 14.1. The second-order valence-electron chi connectivity index (χ2n) is 21.1. The molecule has 30 nitrogen and oxygen atoms in total. The fourth-order valence-electron chi connectivity index (χ4n) is 8.65. The molecular weight excluding hydrogens is 1430 g/mol. The van der Waals surface area contributed by atoms with E-state index < -0.39 is 58.9 Å². The summed E-state index contributed by atoms with van der Waals surface area (Å²) in [7, 11) is 0. The van der Waals surface area contributed by atoms with Crippen molar-refractivity contribution in [1.82, 2.24) is 0 Å². The lowest BCUT2D eigenvalue weighted by Crippen LogP contribution is -2.16. The molecule has 0 spiro atoms. The molecule has 2 saturated carbocycles. The van der Waals surface area contributed by atoms with Crippen molar-refractivity contribution in [2.75, 3.05) is 39.6 Å². The van der Waals surface area contributed by atoms with Crippen molar-refractivity contribution in [3.05, 3.63) is 163 Å². The molecule has 0 amide bonds. The lowest BCUT2D eigenvalue weighted by Gasteiger charge is -2.24. The highest BCUT2D eigenvalue weighted by atomic mass is 16.6. The van der Waals surface area contributed by atoms with Crippen LogP contribution in [0.15, 0.2) is 152 Å². The first kappa shape index (κ1) is 97.0. The summed E-state index contributed by atoms with van der Waals surface area (Å²) in [6.07, 6.45) is 21.5. The summed E-state index contributed by atoms with van der Waals surface area (Å²) in [6.45, 7) is 16.9. The van der Waals surface area contributed by atoms with Gasteiger partial charge < -0.3 is 48.8 Å². The Bertz CT molecular complexity index is 4740. The molecule has 1 aromatic carbocycles. The molecule has 4 N–H and O–H groups in total. The maximum Gasteiger partial charge on any atom is 0.349 e. The van der Waals surface area contributed by atoms with Crippen LogP contribution >= 0.6 is 0 Å². The third-order valence-corrected chi connectivity index (χ3v) is 14.1. The lowest BCUT2D eigenvalue weighted by atomic mass is 9.80. The summed E-state index contributed by atoms with van der Waals surface area (Å²) in [5, 5.41) is 123. The monoisotopic (exact) mass is 1500 g/mol. The summed E-state index contributed by atoms with van der Waals surface area (Å²) in [6, 6.07) is 23.9. The fraction of sp³-hybridized carbons (Fsp3) is 0.284. The van der Waals surface area contributed by atoms with Gasteiger partial charge in [-0.1, -0.05) is 73.9 Å². The highest BCUT2D eigenvalue weighted by Crippen LogP contribution is 2.33. The summed E-state index contributed by atoms with van der Waals surface area (Å²) < 4.78 is 28.7.